The summed E-state index contributed by atoms with van der Waals surface area (Å²) in [5.41, 5.74) is 1.96. The van der Waals surface area contributed by atoms with Crippen LogP contribution >= 0.6 is 43.2 Å². The monoisotopic (exact) mass is 537 g/mol. The van der Waals surface area contributed by atoms with E-state index in [4.69, 9.17) is 9.47 Å². The van der Waals surface area contributed by atoms with Crippen LogP contribution in [0.1, 0.15) is 15.2 Å². The minimum absolute atomic E-state index is 0.179. The molecule has 0 saturated carbocycles. The second-order valence-corrected chi connectivity index (χ2v) is 9.09. The molecule has 1 heterocycles. The number of halogens is 2. The Morgan fingerprint density at radius 1 is 1.07 bits per heavy atom. The number of thiophene rings is 1. The molecule has 0 bridgehead atoms. The fraction of sp³-hybridized carbons (Fsp3) is 0.143. The van der Waals surface area contributed by atoms with Crippen LogP contribution < -0.4 is 10.1 Å². The number of carbonyl (C=O) groups excluding carboxylic acids is 2. The Kier molecular flexibility index (Phi) is 7.10. The summed E-state index contributed by atoms with van der Waals surface area (Å²) in [4.78, 5) is 25.8. The molecule has 5 nitrogen and oxygen atoms in total. The molecule has 0 atom stereocenters. The summed E-state index contributed by atoms with van der Waals surface area (Å²) >= 11 is 8.10. The molecule has 1 amide bonds. The van der Waals surface area contributed by atoms with E-state index in [-0.39, 0.29) is 12.5 Å². The zero-order valence-electron chi connectivity index (χ0n) is 15.6. The standard InChI is InChI=1S/C21H17Br2NO4S/c1-12-18(13-6-8-14(22)9-7-13)19(21(26)27-2)20(29-12)24-17(25)11-28-16-5-3-4-15(23)10-16/h3-10H,11H2,1-2H3,(H,24,25). The maximum atomic E-state index is 12.5. The summed E-state index contributed by atoms with van der Waals surface area (Å²) in [6.45, 7) is 1.73. The van der Waals surface area contributed by atoms with E-state index in [1.807, 2.05) is 43.3 Å². The van der Waals surface area contributed by atoms with Gasteiger partial charge in [-0.3, -0.25) is 4.79 Å². The van der Waals surface area contributed by atoms with E-state index in [1.54, 1.807) is 12.1 Å². The van der Waals surface area contributed by atoms with Crippen LogP contribution in [-0.2, 0) is 9.53 Å². The van der Waals surface area contributed by atoms with E-state index in [9.17, 15) is 9.59 Å². The average Bonchev–Trinajstić information content (AvgIpc) is 3.02. The highest BCUT2D eigenvalue weighted by molar-refractivity contribution is 9.10. The van der Waals surface area contributed by atoms with Gasteiger partial charge < -0.3 is 14.8 Å². The van der Waals surface area contributed by atoms with Crippen LogP contribution in [0, 0.1) is 6.92 Å². The van der Waals surface area contributed by atoms with Gasteiger partial charge in [0, 0.05) is 19.4 Å². The van der Waals surface area contributed by atoms with Gasteiger partial charge in [-0.1, -0.05) is 50.1 Å². The van der Waals surface area contributed by atoms with E-state index in [0.717, 1.165) is 24.9 Å². The number of aryl methyl sites for hydroxylation is 1. The van der Waals surface area contributed by atoms with Gasteiger partial charge in [-0.25, -0.2) is 4.79 Å². The molecule has 3 aromatic rings. The molecule has 8 heteroatoms. The molecule has 0 unspecified atom stereocenters. The molecule has 29 heavy (non-hydrogen) atoms. The van der Waals surface area contributed by atoms with Gasteiger partial charge in [0.2, 0.25) is 0 Å². The number of anilines is 1. The fourth-order valence-corrected chi connectivity index (χ4v) is 4.49. The highest BCUT2D eigenvalue weighted by atomic mass is 79.9. The number of hydrogen-bond acceptors (Lipinski definition) is 5. The van der Waals surface area contributed by atoms with E-state index >= 15 is 0 Å². The maximum absolute atomic E-state index is 12.5. The fourth-order valence-electron chi connectivity index (χ4n) is 2.76. The summed E-state index contributed by atoms with van der Waals surface area (Å²) in [6.07, 6.45) is 0. The van der Waals surface area contributed by atoms with Crippen LogP contribution in [0.5, 0.6) is 5.75 Å². The molecular weight excluding hydrogens is 522 g/mol. The van der Waals surface area contributed by atoms with Crippen LogP contribution in [-0.4, -0.2) is 25.6 Å². The minimum atomic E-state index is -0.504. The van der Waals surface area contributed by atoms with Crippen molar-refractivity contribution in [1.29, 1.82) is 0 Å². The molecule has 0 fully saturated rings. The van der Waals surface area contributed by atoms with Gasteiger partial charge in [0.25, 0.3) is 5.91 Å². The van der Waals surface area contributed by atoms with E-state index in [1.165, 1.54) is 18.4 Å². The topological polar surface area (TPSA) is 64.6 Å². The van der Waals surface area contributed by atoms with Crippen molar-refractivity contribution < 1.29 is 19.1 Å². The first kappa shape index (κ1) is 21.5. The van der Waals surface area contributed by atoms with Gasteiger partial charge >= 0.3 is 5.97 Å². The van der Waals surface area contributed by atoms with Gasteiger partial charge in [0.15, 0.2) is 6.61 Å². The van der Waals surface area contributed by atoms with E-state index in [2.05, 4.69) is 37.2 Å². The highest BCUT2D eigenvalue weighted by Crippen LogP contribution is 2.40. The third-order valence-corrected chi connectivity index (χ3v) is 6.07. The van der Waals surface area contributed by atoms with Gasteiger partial charge in [0.05, 0.1) is 7.11 Å². The first-order valence-electron chi connectivity index (χ1n) is 8.55. The number of benzene rings is 2. The third-order valence-electron chi connectivity index (χ3n) is 4.03. The number of carbonyl (C=O) groups is 2. The van der Waals surface area contributed by atoms with Crippen molar-refractivity contribution >= 4 is 60.1 Å². The Morgan fingerprint density at radius 3 is 2.45 bits per heavy atom. The number of esters is 1. The van der Waals surface area contributed by atoms with Crippen molar-refractivity contribution in [2.75, 3.05) is 19.0 Å². The van der Waals surface area contributed by atoms with Crippen molar-refractivity contribution in [1.82, 2.24) is 0 Å². The Hall–Kier alpha value is -2.16. The van der Waals surface area contributed by atoms with Gasteiger partial charge in [-0.05, 0) is 42.8 Å². The molecular formula is C21H17Br2NO4S. The van der Waals surface area contributed by atoms with Crippen molar-refractivity contribution in [2.24, 2.45) is 0 Å². The predicted molar refractivity (Wildman–Crippen MR) is 122 cm³/mol. The Bertz CT molecular complexity index is 1050. The molecule has 0 aliphatic rings. The summed E-state index contributed by atoms with van der Waals surface area (Å²) in [5.74, 6) is -0.296. The molecule has 1 aromatic heterocycles. The molecule has 2 aromatic carbocycles. The molecule has 1 N–H and O–H groups in total. The lowest BCUT2D eigenvalue weighted by molar-refractivity contribution is -0.118. The second-order valence-electron chi connectivity index (χ2n) is 6.03. The zero-order chi connectivity index (χ0) is 21.0. The van der Waals surface area contributed by atoms with Crippen molar-refractivity contribution in [3.8, 4) is 16.9 Å². The summed E-state index contributed by atoms with van der Waals surface area (Å²) < 4.78 is 12.3. The summed E-state index contributed by atoms with van der Waals surface area (Å²) in [6, 6.07) is 14.8. The molecule has 150 valence electrons. The summed E-state index contributed by atoms with van der Waals surface area (Å²) in [5, 5.41) is 3.23. The van der Waals surface area contributed by atoms with Crippen LogP contribution in [0.25, 0.3) is 11.1 Å². The third kappa shape index (κ3) is 5.26. The molecule has 0 aliphatic carbocycles. The summed E-state index contributed by atoms with van der Waals surface area (Å²) in [7, 11) is 1.32. The first-order chi connectivity index (χ1) is 13.9. The van der Waals surface area contributed by atoms with Crippen molar-refractivity contribution in [3.63, 3.8) is 0 Å². The van der Waals surface area contributed by atoms with Gasteiger partial charge in [-0.2, -0.15) is 0 Å². The van der Waals surface area contributed by atoms with Crippen LogP contribution in [0.4, 0.5) is 5.00 Å². The number of rotatable bonds is 6. The van der Waals surface area contributed by atoms with Crippen LogP contribution in [0.15, 0.2) is 57.5 Å². The van der Waals surface area contributed by atoms with Gasteiger partial charge in [-0.15, -0.1) is 11.3 Å². The molecule has 0 saturated heterocycles. The number of nitrogens with one attached hydrogen (secondary N) is 1. The largest absolute Gasteiger partial charge is 0.484 e. The Labute approximate surface area is 189 Å². The molecule has 3 rings (SSSR count). The Balaban J connectivity index is 1.85. The predicted octanol–water partition coefficient (Wildman–Crippen LogP) is 6.05. The molecule has 0 aliphatic heterocycles. The lowest BCUT2D eigenvalue weighted by Gasteiger charge is -2.09. The lowest BCUT2D eigenvalue weighted by Crippen LogP contribution is -2.21. The van der Waals surface area contributed by atoms with Crippen molar-refractivity contribution in [3.05, 3.63) is 67.9 Å². The second kappa shape index (κ2) is 9.56. The smallest absolute Gasteiger partial charge is 0.341 e. The van der Waals surface area contributed by atoms with Crippen molar-refractivity contribution in [2.45, 2.75) is 6.92 Å². The number of amides is 1. The van der Waals surface area contributed by atoms with Crippen LogP contribution in [0.3, 0.4) is 0 Å². The average molecular weight is 539 g/mol. The SMILES string of the molecule is COC(=O)c1c(NC(=O)COc2cccc(Br)c2)sc(C)c1-c1ccc(Br)cc1. The molecule has 0 radical (unpaired) electrons. The first-order valence-corrected chi connectivity index (χ1v) is 10.9. The maximum Gasteiger partial charge on any atom is 0.341 e. The van der Waals surface area contributed by atoms with Gasteiger partial charge in [0.1, 0.15) is 16.3 Å². The number of methoxy groups -OCH3 is 1. The lowest BCUT2D eigenvalue weighted by atomic mass is 10.0. The number of ether oxygens (including phenoxy) is 2. The Morgan fingerprint density at radius 2 is 1.79 bits per heavy atom. The minimum Gasteiger partial charge on any atom is -0.484 e. The molecule has 0 spiro atoms. The van der Waals surface area contributed by atoms with Crippen LogP contribution in [0.2, 0.25) is 0 Å². The van der Waals surface area contributed by atoms with E-state index < -0.39 is 5.97 Å². The van der Waals surface area contributed by atoms with E-state index in [0.29, 0.717) is 16.3 Å². The normalized spacial score (nSPS) is 10.5. The zero-order valence-corrected chi connectivity index (χ0v) is 19.6. The quantitative estimate of drug-likeness (QED) is 0.388. The number of hydrogen-bond donors (Lipinski definition) is 1. The highest BCUT2D eigenvalue weighted by Gasteiger charge is 2.25.